The summed E-state index contributed by atoms with van der Waals surface area (Å²) in [6.07, 6.45) is 1.99. The largest absolute Gasteiger partial charge is 0.490 e. The molecule has 1 aliphatic rings. The number of alkyl halides is 1. The zero-order valence-corrected chi connectivity index (χ0v) is 13.4. The average Bonchev–Trinajstić information content (AvgIpc) is 2.97. The van der Waals surface area contributed by atoms with E-state index in [9.17, 15) is 4.79 Å². The summed E-state index contributed by atoms with van der Waals surface area (Å²) in [5.41, 5.74) is 0.624. The number of rotatable bonds is 6. The highest BCUT2D eigenvalue weighted by Crippen LogP contribution is 2.30. The van der Waals surface area contributed by atoms with Gasteiger partial charge in [-0.1, -0.05) is 0 Å². The van der Waals surface area contributed by atoms with Crippen molar-refractivity contribution in [2.45, 2.75) is 32.7 Å². The number of benzene rings is 1. The monoisotopic (exact) mass is 311 g/mol. The topological polar surface area (TPSA) is 38.8 Å². The molecule has 116 valence electrons. The fourth-order valence-corrected chi connectivity index (χ4v) is 2.93. The second-order valence-electron chi connectivity index (χ2n) is 4.98. The van der Waals surface area contributed by atoms with Crippen LogP contribution in [0.1, 0.15) is 37.0 Å². The van der Waals surface area contributed by atoms with Crippen LogP contribution >= 0.6 is 11.6 Å². The van der Waals surface area contributed by atoms with Crippen molar-refractivity contribution in [3.63, 3.8) is 0 Å². The normalized spacial score (nSPS) is 17.9. The van der Waals surface area contributed by atoms with Gasteiger partial charge in [0.25, 0.3) is 5.91 Å². The first-order valence-electron chi connectivity index (χ1n) is 7.47. The van der Waals surface area contributed by atoms with Gasteiger partial charge in [-0.15, -0.1) is 11.6 Å². The molecule has 1 saturated heterocycles. The molecule has 1 aromatic rings. The van der Waals surface area contributed by atoms with Crippen LogP contribution in [0.25, 0.3) is 0 Å². The Bertz CT molecular complexity index is 492. The van der Waals surface area contributed by atoms with Crippen molar-refractivity contribution in [2.24, 2.45) is 0 Å². The van der Waals surface area contributed by atoms with Crippen molar-refractivity contribution in [2.75, 3.05) is 25.6 Å². The molecule has 0 N–H and O–H groups in total. The summed E-state index contributed by atoms with van der Waals surface area (Å²) in [7, 11) is 0. The minimum atomic E-state index is 0.0159. The lowest BCUT2D eigenvalue weighted by Gasteiger charge is -2.23. The molecule has 2 rings (SSSR count). The lowest BCUT2D eigenvalue weighted by molar-refractivity contribution is 0.0748. The van der Waals surface area contributed by atoms with E-state index >= 15 is 0 Å². The number of hydrogen-bond donors (Lipinski definition) is 0. The lowest BCUT2D eigenvalue weighted by atomic mass is 10.1. The quantitative estimate of drug-likeness (QED) is 0.756. The molecule has 5 heteroatoms. The summed E-state index contributed by atoms with van der Waals surface area (Å²) in [4.78, 5) is 14.5. The summed E-state index contributed by atoms with van der Waals surface area (Å²) in [6, 6.07) is 5.49. The van der Waals surface area contributed by atoms with E-state index in [1.54, 1.807) is 18.2 Å². The standard InChI is InChI=1S/C16H22ClNO3/c1-3-20-14-8-7-12(10-15(14)21-4-2)16(19)18-9-5-6-13(18)11-17/h7-8,10,13H,3-6,9,11H2,1-2H3. The maximum Gasteiger partial charge on any atom is 0.254 e. The van der Waals surface area contributed by atoms with E-state index in [1.165, 1.54) is 0 Å². The smallest absolute Gasteiger partial charge is 0.254 e. The molecule has 0 aromatic heterocycles. The van der Waals surface area contributed by atoms with Gasteiger partial charge >= 0.3 is 0 Å². The van der Waals surface area contributed by atoms with E-state index in [0.29, 0.717) is 36.2 Å². The van der Waals surface area contributed by atoms with Crippen LogP contribution in [0.5, 0.6) is 11.5 Å². The number of ether oxygens (including phenoxy) is 2. The predicted molar refractivity (Wildman–Crippen MR) is 83.6 cm³/mol. The third-order valence-corrected chi connectivity index (χ3v) is 3.96. The Morgan fingerprint density at radius 1 is 1.29 bits per heavy atom. The van der Waals surface area contributed by atoms with Gasteiger partial charge in [0, 0.05) is 24.0 Å². The predicted octanol–water partition coefficient (Wildman–Crippen LogP) is 3.33. The number of nitrogens with zero attached hydrogens (tertiary/aromatic N) is 1. The SMILES string of the molecule is CCOc1ccc(C(=O)N2CCCC2CCl)cc1OCC. The first kappa shape index (κ1) is 16.0. The first-order valence-corrected chi connectivity index (χ1v) is 8.01. The molecule has 21 heavy (non-hydrogen) atoms. The first-order chi connectivity index (χ1) is 10.2. The molecule has 0 saturated carbocycles. The maximum absolute atomic E-state index is 12.6. The zero-order chi connectivity index (χ0) is 15.2. The van der Waals surface area contributed by atoms with Gasteiger partial charge in [0.1, 0.15) is 0 Å². The van der Waals surface area contributed by atoms with Crippen LogP contribution in [0.15, 0.2) is 18.2 Å². The molecule has 0 spiro atoms. The van der Waals surface area contributed by atoms with Crippen LogP contribution in [0.2, 0.25) is 0 Å². The van der Waals surface area contributed by atoms with E-state index in [0.717, 1.165) is 19.4 Å². The number of hydrogen-bond acceptors (Lipinski definition) is 3. The molecule has 1 aromatic carbocycles. The number of amides is 1. The highest BCUT2D eigenvalue weighted by Gasteiger charge is 2.29. The van der Waals surface area contributed by atoms with Crippen LogP contribution in [0.3, 0.4) is 0 Å². The minimum absolute atomic E-state index is 0.0159. The molecule has 1 heterocycles. The van der Waals surface area contributed by atoms with Gasteiger partial charge in [0.15, 0.2) is 11.5 Å². The van der Waals surface area contributed by atoms with E-state index < -0.39 is 0 Å². The van der Waals surface area contributed by atoms with Crippen LogP contribution in [0, 0.1) is 0 Å². The zero-order valence-electron chi connectivity index (χ0n) is 12.6. The molecular weight excluding hydrogens is 290 g/mol. The molecule has 0 aliphatic carbocycles. The maximum atomic E-state index is 12.6. The molecular formula is C16H22ClNO3. The molecule has 1 fully saturated rings. The van der Waals surface area contributed by atoms with Crippen molar-refractivity contribution < 1.29 is 14.3 Å². The lowest BCUT2D eigenvalue weighted by Crippen LogP contribution is -2.36. The highest BCUT2D eigenvalue weighted by molar-refractivity contribution is 6.18. The van der Waals surface area contributed by atoms with Crippen LogP contribution < -0.4 is 9.47 Å². The third-order valence-electron chi connectivity index (χ3n) is 3.61. The molecule has 1 amide bonds. The molecule has 1 aliphatic heterocycles. The Labute approximate surface area is 131 Å². The summed E-state index contributed by atoms with van der Waals surface area (Å²) in [5.74, 6) is 1.79. The summed E-state index contributed by atoms with van der Waals surface area (Å²) >= 11 is 5.94. The van der Waals surface area contributed by atoms with E-state index in [-0.39, 0.29) is 11.9 Å². The van der Waals surface area contributed by atoms with E-state index in [2.05, 4.69) is 0 Å². The van der Waals surface area contributed by atoms with Crippen molar-refractivity contribution in [1.82, 2.24) is 4.90 Å². The van der Waals surface area contributed by atoms with Gasteiger partial charge in [-0.05, 0) is 44.9 Å². The van der Waals surface area contributed by atoms with E-state index in [1.807, 2.05) is 18.7 Å². The Morgan fingerprint density at radius 2 is 2.00 bits per heavy atom. The van der Waals surface area contributed by atoms with Crippen molar-refractivity contribution >= 4 is 17.5 Å². The Hall–Kier alpha value is -1.42. The van der Waals surface area contributed by atoms with Gasteiger partial charge < -0.3 is 14.4 Å². The Morgan fingerprint density at radius 3 is 2.67 bits per heavy atom. The number of carbonyl (C=O) groups is 1. The third kappa shape index (κ3) is 3.62. The van der Waals surface area contributed by atoms with Crippen molar-refractivity contribution in [3.05, 3.63) is 23.8 Å². The van der Waals surface area contributed by atoms with Gasteiger partial charge in [-0.2, -0.15) is 0 Å². The summed E-state index contributed by atoms with van der Waals surface area (Å²) < 4.78 is 11.1. The van der Waals surface area contributed by atoms with Gasteiger partial charge in [-0.3, -0.25) is 4.79 Å². The van der Waals surface area contributed by atoms with Crippen LogP contribution in [0.4, 0.5) is 0 Å². The molecule has 0 radical (unpaired) electrons. The van der Waals surface area contributed by atoms with Crippen LogP contribution in [-0.2, 0) is 0 Å². The highest BCUT2D eigenvalue weighted by atomic mass is 35.5. The molecule has 4 nitrogen and oxygen atoms in total. The Kier molecular flexibility index (Phi) is 5.74. The van der Waals surface area contributed by atoms with Crippen LogP contribution in [-0.4, -0.2) is 42.5 Å². The average molecular weight is 312 g/mol. The van der Waals surface area contributed by atoms with Gasteiger partial charge in [0.05, 0.1) is 13.2 Å². The fraction of sp³-hybridized carbons (Fsp3) is 0.562. The van der Waals surface area contributed by atoms with E-state index in [4.69, 9.17) is 21.1 Å². The van der Waals surface area contributed by atoms with Crippen molar-refractivity contribution in [1.29, 1.82) is 0 Å². The second-order valence-corrected chi connectivity index (χ2v) is 5.29. The molecule has 0 bridgehead atoms. The minimum Gasteiger partial charge on any atom is -0.490 e. The Balaban J connectivity index is 2.22. The van der Waals surface area contributed by atoms with Gasteiger partial charge in [0.2, 0.25) is 0 Å². The summed E-state index contributed by atoms with van der Waals surface area (Å²) in [6.45, 7) is 5.70. The fourth-order valence-electron chi connectivity index (χ4n) is 2.61. The molecule has 1 atom stereocenters. The molecule has 1 unspecified atom stereocenters. The number of likely N-dealkylation sites (tertiary alicyclic amines) is 1. The number of halogens is 1. The summed E-state index contributed by atoms with van der Waals surface area (Å²) in [5, 5.41) is 0. The van der Waals surface area contributed by atoms with Crippen molar-refractivity contribution in [3.8, 4) is 11.5 Å². The van der Waals surface area contributed by atoms with Gasteiger partial charge in [-0.25, -0.2) is 0 Å². The second kappa shape index (κ2) is 7.55. The number of carbonyl (C=O) groups excluding carboxylic acids is 1.